The standard InChI is InChI=1S/C9H15N3/c1-7(10)6-12-5-4-11-9(12)8-2-3-8/h4-5,7-8H,2-3,6,10H2,1H3. The Morgan fingerprint density at radius 3 is 3.08 bits per heavy atom. The highest BCUT2D eigenvalue weighted by atomic mass is 15.1. The molecule has 0 spiro atoms. The molecule has 1 aliphatic rings. The maximum atomic E-state index is 5.72. The van der Waals surface area contributed by atoms with Gasteiger partial charge in [-0.05, 0) is 19.8 Å². The molecule has 66 valence electrons. The number of rotatable bonds is 3. The van der Waals surface area contributed by atoms with E-state index in [9.17, 15) is 0 Å². The van der Waals surface area contributed by atoms with E-state index < -0.39 is 0 Å². The Balaban J connectivity index is 2.13. The Morgan fingerprint density at radius 2 is 2.50 bits per heavy atom. The molecule has 1 fully saturated rings. The largest absolute Gasteiger partial charge is 0.333 e. The summed E-state index contributed by atoms with van der Waals surface area (Å²) >= 11 is 0. The van der Waals surface area contributed by atoms with Crippen LogP contribution in [0.2, 0.25) is 0 Å². The van der Waals surface area contributed by atoms with Crippen LogP contribution in [0.15, 0.2) is 12.4 Å². The van der Waals surface area contributed by atoms with Gasteiger partial charge in [-0.3, -0.25) is 0 Å². The van der Waals surface area contributed by atoms with Crippen molar-refractivity contribution in [3.05, 3.63) is 18.2 Å². The van der Waals surface area contributed by atoms with Crippen molar-refractivity contribution in [3.8, 4) is 0 Å². The fraction of sp³-hybridized carbons (Fsp3) is 0.667. The first-order valence-electron chi connectivity index (χ1n) is 4.54. The summed E-state index contributed by atoms with van der Waals surface area (Å²) in [5.41, 5.74) is 5.72. The lowest BCUT2D eigenvalue weighted by molar-refractivity contribution is 0.567. The van der Waals surface area contributed by atoms with Crippen molar-refractivity contribution in [2.24, 2.45) is 5.73 Å². The first-order chi connectivity index (χ1) is 5.77. The molecule has 12 heavy (non-hydrogen) atoms. The molecule has 3 nitrogen and oxygen atoms in total. The van der Waals surface area contributed by atoms with E-state index in [0.29, 0.717) is 0 Å². The molecular formula is C9H15N3. The van der Waals surface area contributed by atoms with Crippen molar-refractivity contribution >= 4 is 0 Å². The summed E-state index contributed by atoms with van der Waals surface area (Å²) in [6.45, 7) is 2.92. The molecular weight excluding hydrogens is 150 g/mol. The van der Waals surface area contributed by atoms with Crippen LogP contribution >= 0.6 is 0 Å². The predicted octanol–water partition coefficient (Wildman–Crippen LogP) is 1.11. The third-order valence-electron chi connectivity index (χ3n) is 2.17. The van der Waals surface area contributed by atoms with Gasteiger partial charge in [-0.15, -0.1) is 0 Å². The van der Waals surface area contributed by atoms with Gasteiger partial charge in [-0.2, -0.15) is 0 Å². The third kappa shape index (κ3) is 1.50. The molecule has 1 aromatic heterocycles. The first-order valence-corrected chi connectivity index (χ1v) is 4.54. The van der Waals surface area contributed by atoms with Crippen molar-refractivity contribution in [2.45, 2.75) is 38.3 Å². The van der Waals surface area contributed by atoms with Gasteiger partial charge < -0.3 is 10.3 Å². The van der Waals surface area contributed by atoms with Crippen LogP contribution in [-0.4, -0.2) is 15.6 Å². The fourth-order valence-electron chi connectivity index (χ4n) is 1.49. The number of hydrogen-bond acceptors (Lipinski definition) is 2. The van der Waals surface area contributed by atoms with E-state index in [1.807, 2.05) is 19.3 Å². The van der Waals surface area contributed by atoms with Crippen LogP contribution in [0.5, 0.6) is 0 Å². The van der Waals surface area contributed by atoms with Crippen molar-refractivity contribution in [2.75, 3.05) is 0 Å². The molecule has 0 amide bonds. The van der Waals surface area contributed by atoms with Gasteiger partial charge in [0.25, 0.3) is 0 Å². The number of imidazole rings is 1. The average molecular weight is 165 g/mol. The summed E-state index contributed by atoms with van der Waals surface area (Å²) in [4.78, 5) is 4.34. The minimum atomic E-state index is 0.219. The minimum Gasteiger partial charge on any atom is -0.333 e. The molecule has 0 aromatic carbocycles. The second-order valence-electron chi connectivity index (χ2n) is 3.69. The number of nitrogens with zero attached hydrogens (tertiary/aromatic N) is 2. The quantitative estimate of drug-likeness (QED) is 0.729. The normalized spacial score (nSPS) is 19.5. The molecule has 1 saturated carbocycles. The van der Waals surface area contributed by atoms with Gasteiger partial charge in [0.15, 0.2) is 0 Å². The van der Waals surface area contributed by atoms with Gasteiger partial charge in [0.1, 0.15) is 5.82 Å². The molecule has 1 heterocycles. The zero-order valence-corrected chi connectivity index (χ0v) is 7.40. The topological polar surface area (TPSA) is 43.8 Å². The molecule has 0 aliphatic heterocycles. The molecule has 0 bridgehead atoms. The average Bonchev–Trinajstić information content (AvgIpc) is 2.73. The second-order valence-corrected chi connectivity index (χ2v) is 3.69. The number of aromatic nitrogens is 2. The van der Waals surface area contributed by atoms with Crippen LogP contribution in [-0.2, 0) is 6.54 Å². The smallest absolute Gasteiger partial charge is 0.111 e. The monoisotopic (exact) mass is 165 g/mol. The van der Waals surface area contributed by atoms with E-state index in [1.54, 1.807) is 0 Å². The maximum absolute atomic E-state index is 5.72. The van der Waals surface area contributed by atoms with E-state index in [-0.39, 0.29) is 6.04 Å². The second kappa shape index (κ2) is 2.90. The molecule has 3 heteroatoms. The zero-order valence-electron chi connectivity index (χ0n) is 7.40. The summed E-state index contributed by atoms with van der Waals surface area (Å²) in [6, 6.07) is 0.219. The summed E-state index contributed by atoms with van der Waals surface area (Å²) in [6.07, 6.45) is 6.50. The number of hydrogen-bond donors (Lipinski definition) is 1. The Labute approximate surface area is 72.6 Å². The third-order valence-corrected chi connectivity index (χ3v) is 2.17. The van der Waals surface area contributed by atoms with Crippen LogP contribution in [0.25, 0.3) is 0 Å². The van der Waals surface area contributed by atoms with Gasteiger partial charge in [0, 0.05) is 30.9 Å². The lowest BCUT2D eigenvalue weighted by Gasteiger charge is -2.09. The molecule has 1 aromatic rings. The van der Waals surface area contributed by atoms with Crippen molar-refractivity contribution in [3.63, 3.8) is 0 Å². The van der Waals surface area contributed by atoms with Crippen LogP contribution in [0, 0.1) is 0 Å². The lowest BCUT2D eigenvalue weighted by Crippen LogP contribution is -2.22. The summed E-state index contributed by atoms with van der Waals surface area (Å²) < 4.78 is 2.18. The van der Waals surface area contributed by atoms with Crippen molar-refractivity contribution in [1.82, 2.24) is 9.55 Å². The summed E-state index contributed by atoms with van der Waals surface area (Å²) in [7, 11) is 0. The van der Waals surface area contributed by atoms with Gasteiger partial charge >= 0.3 is 0 Å². The molecule has 2 N–H and O–H groups in total. The van der Waals surface area contributed by atoms with E-state index in [1.165, 1.54) is 18.7 Å². The SMILES string of the molecule is CC(N)Cn1ccnc1C1CC1. The Morgan fingerprint density at radius 1 is 1.75 bits per heavy atom. The molecule has 0 saturated heterocycles. The maximum Gasteiger partial charge on any atom is 0.111 e. The summed E-state index contributed by atoms with van der Waals surface area (Å²) in [5, 5.41) is 0. The van der Waals surface area contributed by atoms with Crippen LogP contribution in [0.4, 0.5) is 0 Å². The first kappa shape index (κ1) is 7.80. The van der Waals surface area contributed by atoms with Gasteiger partial charge in [-0.25, -0.2) is 4.98 Å². The Kier molecular flexibility index (Phi) is 1.89. The highest BCUT2D eigenvalue weighted by molar-refractivity contribution is 5.07. The van der Waals surface area contributed by atoms with E-state index in [4.69, 9.17) is 5.73 Å². The minimum absolute atomic E-state index is 0.219. The highest BCUT2D eigenvalue weighted by Gasteiger charge is 2.27. The van der Waals surface area contributed by atoms with Crippen LogP contribution in [0.1, 0.15) is 31.5 Å². The predicted molar refractivity (Wildman–Crippen MR) is 47.9 cm³/mol. The Bertz CT molecular complexity index is 260. The molecule has 0 radical (unpaired) electrons. The molecule has 1 atom stereocenters. The lowest BCUT2D eigenvalue weighted by atomic mass is 10.3. The molecule has 1 aliphatic carbocycles. The van der Waals surface area contributed by atoms with E-state index in [0.717, 1.165) is 12.5 Å². The molecule has 2 rings (SSSR count). The summed E-state index contributed by atoms with van der Waals surface area (Å²) in [5.74, 6) is 1.95. The van der Waals surface area contributed by atoms with Crippen LogP contribution in [0.3, 0.4) is 0 Å². The zero-order chi connectivity index (χ0) is 8.55. The van der Waals surface area contributed by atoms with Crippen molar-refractivity contribution < 1.29 is 0 Å². The van der Waals surface area contributed by atoms with Gasteiger partial charge in [0.2, 0.25) is 0 Å². The fourth-order valence-corrected chi connectivity index (χ4v) is 1.49. The molecule has 1 unspecified atom stereocenters. The highest BCUT2D eigenvalue weighted by Crippen LogP contribution is 2.38. The van der Waals surface area contributed by atoms with E-state index in [2.05, 4.69) is 9.55 Å². The Hall–Kier alpha value is -0.830. The van der Waals surface area contributed by atoms with E-state index >= 15 is 0 Å². The number of nitrogens with two attached hydrogens (primary N) is 1. The van der Waals surface area contributed by atoms with Crippen molar-refractivity contribution in [1.29, 1.82) is 0 Å². The van der Waals surface area contributed by atoms with Crippen LogP contribution < -0.4 is 5.73 Å². The van der Waals surface area contributed by atoms with Gasteiger partial charge in [0.05, 0.1) is 0 Å². The van der Waals surface area contributed by atoms with Gasteiger partial charge in [-0.1, -0.05) is 0 Å².